The highest BCUT2D eigenvalue weighted by Crippen LogP contribution is 2.20. The molecule has 34 heavy (non-hydrogen) atoms. The fourth-order valence-electron chi connectivity index (χ4n) is 3.04. The molecule has 8 heteroatoms. The van der Waals surface area contributed by atoms with Crippen molar-refractivity contribution in [2.24, 2.45) is 0 Å². The number of benzene rings is 3. The van der Waals surface area contributed by atoms with Crippen LogP contribution in [0.3, 0.4) is 0 Å². The van der Waals surface area contributed by atoms with Crippen LogP contribution in [0, 0.1) is 0 Å². The van der Waals surface area contributed by atoms with Crippen molar-refractivity contribution in [1.29, 1.82) is 0 Å². The highest BCUT2D eigenvalue weighted by atomic mass is 31.2. The van der Waals surface area contributed by atoms with Crippen molar-refractivity contribution in [2.75, 3.05) is 0 Å². The first kappa shape index (κ1) is 24.9. The third kappa shape index (κ3) is 9.00. The zero-order chi connectivity index (χ0) is 24.1. The Labute approximate surface area is 199 Å². The van der Waals surface area contributed by atoms with Crippen LogP contribution in [0.15, 0.2) is 128 Å². The van der Waals surface area contributed by atoms with Crippen LogP contribution in [0.5, 0.6) is 0 Å². The van der Waals surface area contributed by atoms with Crippen molar-refractivity contribution >= 4 is 12.9 Å². The molecule has 0 radical (unpaired) electrons. The average molecular weight is 475 g/mol. The second-order valence-electron chi connectivity index (χ2n) is 7.37. The molecule has 0 aliphatic carbocycles. The maximum absolute atomic E-state index is 10.3. The van der Waals surface area contributed by atoms with Gasteiger partial charge in [-0.1, -0.05) is 91.0 Å². The number of hydrogen-bond acceptors (Lipinski definition) is 3. The Hall–Kier alpha value is -3.77. The third-order valence-electron chi connectivity index (χ3n) is 4.69. The summed E-state index contributed by atoms with van der Waals surface area (Å²) in [4.78, 5) is 26.6. The molecular formula is C26H27N4O3P. The Morgan fingerprint density at radius 2 is 1.00 bits per heavy atom. The third-order valence-corrected chi connectivity index (χ3v) is 5.62. The van der Waals surface area contributed by atoms with E-state index < -0.39 is 7.60 Å². The van der Waals surface area contributed by atoms with E-state index in [1.807, 2.05) is 49.6 Å². The number of aromatic nitrogens is 4. The zero-order valence-electron chi connectivity index (χ0n) is 18.6. The number of nitrogens with zero attached hydrogens (tertiary/aromatic N) is 2. The molecule has 3 aromatic carbocycles. The Kier molecular flexibility index (Phi) is 9.55. The van der Waals surface area contributed by atoms with E-state index in [2.05, 4.69) is 67.6 Å². The first-order valence-electron chi connectivity index (χ1n) is 10.7. The minimum atomic E-state index is -4.52. The second-order valence-corrected chi connectivity index (χ2v) is 8.88. The predicted molar refractivity (Wildman–Crippen MR) is 127 cm³/mol. The number of aromatic amines is 2. The average Bonchev–Trinajstić information content (AvgIpc) is 3.56. The fraction of sp³-hybridized carbons (Fsp3) is 0.0769. The fourth-order valence-corrected chi connectivity index (χ4v) is 3.57. The molecule has 0 amide bonds. The van der Waals surface area contributed by atoms with Gasteiger partial charge in [-0.15, -0.1) is 0 Å². The molecule has 2 heterocycles. The molecule has 5 aromatic rings. The molecule has 0 aliphatic rings. The predicted octanol–water partition coefficient (Wildman–Crippen LogP) is 1.93. The monoisotopic (exact) mass is 474 g/mol. The van der Waals surface area contributed by atoms with Crippen molar-refractivity contribution in [2.45, 2.75) is 13.1 Å². The number of H-pyrrole nitrogens is 2. The van der Waals surface area contributed by atoms with E-state index in [0.29, 0.717) is 0 Å². The number of rotatable bonds is 5. The number of hydrogen-bond donors (Lipinski definition) is 2. The van der Waals surface area contributed by atoms with E-state index >= 15 is 0 Å². The van der Waals surface area contributed by atoms with Gasteiger partial charge in [0.15, 0.2) is 0 Å². The van der Waals surface area contributed by atoms with Gasteiger partial charge >= 0.3 is 0 Å². The van der Waals surface area contributed by atoms with E-state index in [9.17, 15) is 14.4 Å². The molecule has 174 valence electrons. The van der Waals surface area contributed by atoms with Crippen LogP contribution in [-0.2, 0) is 17.7 Å². The van der Waals surface area contributed by atoms with Crippen LogP contribution in [0.25, 0.3) is 0 Å². The maximum atomic E-state index is 10.3. The van der Waals surface area contributed by atoms with Crippen molar-refractivity contribution in [3.05, 3.63) is 140 Å². The van der Waals surface area contributed by atoms with Gasteiger partial charge in [0.25, 0.3) is 0 Å². The highest BCUT2D eigenvalue weighted by molar-refractivity contribution is 7.57. The van der Waals surface area contributed by atoms with Crippen molar-refractivity contribution in [1.82, 2.24) is 9.97 Å². The van der Waals surface area contributed by atoms with Gasteiger partial charge in [0.05, 0.1) is 0 Å². The summed E-state index contributed by atoms with van der Waals surface area (Å²) >= 11 is 0. The van der Waals surface area contributed by atoms with E-state index in [0.717, 1.165) is 13.1 Å². The smallest absolute Gasteiger partial charge is 0.241 e. The molecule has 0 atom stereocenters. The number of imidazole rings is 2. The summed E-state index contributed by atoms with van der Waals surface area (Å²) in [5.41, 5.74) is 2.64. The van der Waals surface area contributed by atoms with E-state index in [-0.39, 0.29) is 5.30 Å². The van der Waals surface area contributed by atoms with Crippen LogP contribution in [0.1, 0.15) is 11.1 Å². The van der Waals surface area contributed by atoms with Gasteiger partial charge in [0.2, 0.25) is 12.7 Å². The topological polar surface area (TPSA) is 103 Å². The van der Waals surface area contributed by atoms with Gasteiger partial charge in [-0.3, -0.25) is 9.97 Å². The van der Waals surface area contributed by atoms with Crippen LogP contribution in [0.4, 0.5) is 0 Å². The minimum absolute atomic E-state index is 0.157. The summed E-state index contributed by atoms with van der Waals surface area (Å²) in [5, 5.41) is -0.157. The van der Waals surface area contributed by atoms with Gasteiger partial charge in [0, 0.05) is 0 Å². The summed E-state index contributed by atoms with van der Waals surface area (Å²) in [6, 6.07) is 28.0. The van der Waals surface area contributed by atoms with E-state index in [1.54, 1.807) is 6.07 Å². The SMILES string of the molecule is O=P([O-])([O-])c1ccccc1.c1ccc(C[n+]2cc[nH]c2)cc1.c1ccc(C[n+]2cc[nH]c2)cc1. The first-order valence-corrected chi connectivity index (χ1v) is 12.2. The lowest BCUT2D eigenvalue weighted by atomic mass is 10.2. The maximum Gasteiger partial charge on any atom is 0.241 e. The molecule has 0 saturated carbocycles. The zero-order valence-corrected chi connectivity index (χ0v) is 19.5. The lowest BCUT2D eigenvalue weighted by Gasteiger charge is -2.29. The normalized spacial score (nSPS) is 10.4. The molecule has 2 aromatic heterocycles. The van der Waals surface area contributed by atoms with Crippen LogP contribution >= 0.6 is 7.60 Å². The summed E-state index contributed by atoms with van der Waals surface area (Å²) in [6.45, 7) is 1.87. The molecule has 0 saturated heterocycles. The van der Waals surface area contributed by atoms with Crippen LogP contribution in [-0.4, -0.2) is 9.97 Å². The standard InChI is InChI=1S/2C10H10N2.C6H7O3P/c2*1-2-4-10(5-3-1)8-12-7-6-11-9-12;7-10(8,9)6-4-2-1-3-5-6/h2*1-7,9H,8H2;1-5H,(H2,7,8,9). The molecule has 0 aliphatic heterocycles. The summed E-state index contributed by atoms with van der Waals surface area (Å²) in [7, 11) is -4.52. The molecular weight excluding hydrogens is 447 g/mol. The van der Waals surface area contributed by atoms with Gasteiger partial charge in [-0.05, 0) is 24.0 Å². The van der Waals surface area contributed by atoms with Crippen molar-refractivity contribution in [3.8, 4) is 0 Å². The highest BCUT2D eigenvalue weighted by Gasteiger charge is 1.98. The van der Waals surface area contributed by atoms with E-state index in [4.69, 9.17) is 0 Å². The Balaban J connectivity index is 0.000000144. The summed E-state index contributed by atoms with van der Waals surface area (Å²) in [6.07, 6.45) is 11.8. The molecule has 0 unspecified atom stereocenters. The largest absolute Gasteiger partial charge is 0.807 e. The molecule has 7 nitrogen and oxygen atoms in total. The van der Waals surface area contributed by atoms with E-state index in [1.165, 1.54) is 35.4 Å². The van der Waals surface area contributed by atoms with Crippen molar-refractivity contribution in [3.63, 3.8) is 0 Å². The first-order chi connectivity index (χ1) is 16.5. The number of nitrogens with one attached hydrogen (secondary N) is 2. The molecule has 2 N–H and O–H groups in total. The quantitative estimate of drug-likeness (QED) is 0.301. The minimum Gasteiger partial charge on any atom is -0.807 e. The molecule has 5 rings (SSSR count). The summed E-state index contributed by atoms with van der Waals surface area (Å²) in [5.74, 6) is 0. The van der Waals surface area contributed by atoms with Gasteiger partial charge in [-0.2, -0.15) is 0 Å². The van der Waals surface area contributed by atoms with Gasteiger partial charge in [0.1, 0.15) is 37.9 Å². The molecule has 0 fully saturated rings. The Morgan fingerprint density at radius 1 is 0.618 bits per heavy atom. The molecule has 0 bridgehead atoms. The Morgan fingerprint density at radius 3 is 1.29 bits per heavy atom. The summed E-state index contributed by atoms with van der Waals surface area (Å²) < 4.78 is 14.5. The van der Waals surface area contributed by atoms with Crippen LogP contribution in [0.2, 0.25) is 0 Å². The molecule has 0 spiro atoms. The van der Waals surface area contributed by atoms with Gasteiger partial charge < -0.3 is 14.4 Å². The lowest BCUT2D eigenvalue weighted by molar-refractivity contribution is -0.687. The van der Waals surface area contributed by atoms with Crippen LogP contribution < -0.4 is 24.2 Å². The lowest BCUT2D eigenvalue weighted by Crippen LogP contribution is -2.30. The second kappa shape index (κ2) is 13.1. The van der Waals surface area contributed by atoms with Crippen molar-refractivity contribution < 1.29 is 23.5 Å². The van der Waals surface area contributed by atoms with Gasteiger partial charge in [-0.25, -0.2) is 9.13 Å². The Bertz CT molecular complexity index is 1150.